The SMILES string of the molecule is COc1ccc2ccnc(NCC3CCC(=O)N3)c2c1. The summed E-state index contributed by atoms with van der Waals surface area (Å²) in [6.07, 6.45) is 3.27. The molecule has 1 unspecified atom stereocenters. The molecule has 0 aliphatic carbocycles. The van der Waals surface area contributed by atoms with Gasteiger partial charge in [0, 0.05) is 30.6 Å². The van der Waals surface area contributed by atoms with E-state index in [0.717, 1.165) is 28.8 Å². The van der Waals surface area contributed by atoms with Crippen molar-refractivity contribution < 1.29 is 9.53 Å². The van der Waals surface area contributed by atoms with Crippen LogP contribution in [0, 0.1) is 0 Å². The van der Waals surface area contributed by atoms with Crippen LogP contribution in [0.4, 0.5) is 5.82 Å². The first-order valence-electron chi connectivity index (χ1n) is 6.72. The van der Waals surface area contributed by atoms with E-state index in [0.29, 0.717) is 13.0 Å². The Balaban J connectivity index is 1.81. The Labute approximate surface area is 117 Å². The lowest BCUT2D eigenvalue weighted by Crippen LogP contribution is -2.32. The van der Waals surface area contributed by atoms with Crippen LogP contribution in [0.1, 0.15) is 12.8 Å². The van der Waals surface area contributed by atoms with Crippen molar-refractivity contribution in [3.8, 4) is 5.75 Å². The normalized spacial score (nSPS) is 18.1. The lowest BCUT2D eigenvalue weighted by molar-refractivity contribution is -0.119. The Morgan fingerprint density at radius 1 is 1.45 bits per heavy atom. The van der Waals surface area contributed by atoms with Crippen LogP contribution in [0.15, 0.2) is 30.5 Å². The highest BCUT2D eigenvalue weighted by Gasteiger charge is 2.20. The van der Waals surface area contributed by atoms with Gasteiger partial charge in [-0.2, -0.15) is 0 Å². The zero-order valence-electron chi connectivity index (χ0n) is 11.3. The van der Waals surface area contributed by atoms with Gasteiger partial charge in [-0.05, 0) is 30.0 Å². The molecule has 1 fully saturated rings. The monoisotopic (exact) mass is 271 g/mol. The van der Waals surface area contributed by atoms with E-state index in [1.807, 2.05) is 24.3 Å². The second-order valence-corrected chi connectivity index (χ2v) is 4.93. The Kier molecular flexibility index (Phi) is 3.41. The lowest BCUT2D eigenvalue weighted by Gasteiger charge is -2.13. The number of ether oxygens (including phenoxy) is 1. The van der Waals surface area contributed by atoms with Gasteiger partial charge in [0.25, 0.3) is 0 Å². The van der Waals surface area contributed by atoms with Crippen molar-refractivity contribution in [3.05, 3.63) is 30.5 Å². The van der Waals surface area contributed by atoms with Gasteiger partial charge in [-0.1, -0.05) is 6.07 Å². The van der Waals surface area contributed by atoms with Crippen LogP contribution in [0.25, 0.3) is 10.8 Å². The number of amides is 1. The molecule has 104 valence electrons. The Morgan fingerprint density at radius 2 is 2.35 bits per heavy atom. The van der Waals surface area contributed by atoms with E-state index in [4.69, 9.17) is 4.74 Å². The smallest absolute Gasteiger partial charge is 0.220 e. The lowest BCUT2D eigenvalue weighted by atomic mass is 10.1. The van der Waals surface area contributed by atoms with Crippen molar-refractivity contribution in [3.63, 3.8) is 0 Å². The molecule has 1 aliphatic heterocycles. The second kappa shape index (κ2) is 5.36. The molecule has 1 aliphatic rings. The van der Waals surface area contributed by atoms with Gasteiger partial charge in [-0.25, -0.2) is 4.98 Å². The minimum absolute atomic E-state index is 0.129. The van der Waals surface area contributed by atoms with Crippen LogP contribution < -0.4 is 15.4 Å². The Morgan fingerprint density at radius 3 is 3.10 bits per heavy atom. The molecule has 5 nitrogen and oxygen atoms in total. The Hall–Kier alpha value is -2.30. The summed E-state index contributed by atoms with van der Waals surface area (Å²) in [7, 11) is 1.65. The van der Waals surface area contributed by atoms with Crippen molar-refractivity contribution in [2.45, 2.75) is 18.9 Å². The number of anilines is 1. The summed E-state index contributed by atoms with van der Waals surface area (Å²) < 4.78 is 5.26. The van der Waals surface area contributed by atoms with Gasteiger partial charge >= 0.3 is 0 Å². The highest BCUT2D eigenvalue weighted by atomic mass is 16.5. The first kappa shape index (κ1) is 12.7. The molecule has 1 amide bonds. The second-order valence-electron chi connectivity index (χ2n) is 4.93. The number of rotatable bonds is 4. The number of carbonyl (C=O) groups is 1. The molecule has 0 radical (unpaired) electrons. The third kappa shape index (κ3) is 2.52. The molecule has 1 saturated heterocycles. The molecular formula is C15H17N3O2. The quantitative estimate of drug-likeness (QED) is 0.892. The van der Waals surface area contributed by atoms with E-state index < -0.39 is 0 Å². The van der Waals surface area contributed by atoms with Gasteiger partial charge in [0.05, 0.1) is 7.11 Å². The number of benzene rings is 1. The van der Waals surface area contributed by atoms with Crippen LogP contribution in [0.3, 0.4) is 0 Å². The number of hydrogen-bond donors (Lipinski definition) is 2. The number of nitrogens with one attached hydrogen (secondary N) is 2. The number of aromatic nitrogens is 1. The highest BCUT2D eigenvalue weighted by molar-refractivity contribution is 5.92. The van der Waals surface area contributed by atoms with Crippen LogP contribution in [0.2, 0.25) is 0 Å². The van der Waals surface area contributed by atoms with Crippen molar-refractivity contribution in [1.82, 2.24) is 10.3 Å². The fourth-order valence-electron chi connectivity index (χ4n) is 2.47. The maximum absolute atomic E-state index is 11.2. The molecular weight excluding hydrogens is 254 g/mol. The summed E-state index contributed by atoms with van der Waals surface area (Å²) in [6, 6.07) is 8.07. The van der Waals surface area contributed by atoms with Crippen molar-refractivity contribution in [2.75, 3.05) is 19.0 Å². The number of hydrogen-bond acceptors (Lipinski definition) is 4. The van der Waals surface area contributed by atoms with Gasteiger partial charge in [0.15, 0.2) is 0 Å². The van der Waals surface area contributed by atoms with Crippen LogP contribution in [-0.4, -0.2) is 30.6 Å². The number of pyridine rings is 1. The third-order valence-corrected chi connectivity index (χ3v) is 3.57. The van der Waals surface area contributed by atoms with Crippen molar-refractivity contribution in [1.29, 1.82) is 0 Å². The molecule has 0 spiro atoms. The molecule has 2 heterocycles. The summed E-state index contributed by atoms with van der Waals surface area (Å²) in [6.45, 7) is 0.690. The van der Waals surface area contributed by atoms with E-state index in [1.165, 1.54) is 0 Å². The fraction of sp³-hybridized carbons (Fsp3) is 0.333. The maximum atomic E-state index is 11.2. The topological polar surface area (TPSA) is 63.2 Å². The number of nitrogens with zero attached hydrogens (tertiary/aromatic N) is 1. The molecule has 0 saturated carbocycles. The maximum Gasteiger partial charge on any atom is 0.220 e. The molecule has 5 heteroatoms. The molecule has 0 bridgehead atoms. The first-order valence-corrected chi connectivity index (χ1v) is 6.72. The number of carbonyl (C=O) groups excluding carboxylic acids is 1. The zero-order valence-corrected chi connectivity index (χ0v) is 11.3. The van der Waals surface area contributed by atoms with Crippen LogP contribution in [0.5, 0.6) is 5.75 Å². The predicted octanol–water partition coefficient (Wildman–Crippen LogP) is 1.93. The van der Waals surface area contributed by atoms with Crippen molar-refractivity contribution >= 4 is 22.5 Å². The molecule has 1 aromatic carbocycles. The summed E-state index contributed by atoms with van der Waals surface area (Å²) in [5, 5.41) is 8.40. The summed E-state index contributed by atoms with van der Waals surface area (Å²) in [5.41, 5.74) is 0. The van der Waals surface area contributed by atoms with Gasteiger partial charge in [0.2, 0.25) is 5.91 Å². The summed E-state index contributed by atoms with van der Waals surface area (Å²) in [5.74, 6) is 1.76. The van der Waals surface area contributed by atoms with Gasteiger partial charge < -0.3 is 15.4 Å². The third-order valence-electron chi connectivity index (χ3n) is 3.57. The standard InChI is InChI=1S/C15H17N3O2/c1-20-12-4-2-10-6-7-16-15(13(10)8-12)17-9-11-3-5-14(19)18-11/h2,4,6-8,11H,3,5,9H2,1H3,(H,16,17)(H,18,19). The molecule has 3 rings (SSSR count). The molecule has 20 heavy (non-hydrogen) atoms. The molecule has 2 aromatic rings. The van der Waals surface area contributed by atoms with Gasteiger partial charge in [0.1, 0.15) is 11.6 Å². The minimum Gasteiger partial charge on any atom is -0.497 e. The van der Waals surface area contributed by atoms with E-state index in [9.17, 15) is 4.79 Å². The molecule has 1 atom stereocenters. The zero-order chi connectivity index (χ0) is 13.9. The fourth-order valence-corrected chi connectivity index (χ4v) is 2.47. The molecule has 1 aromatic heterocycles. The van der Waals surface area contributed by atoms with E-state index in [2.05, 4.69) is 15.6 Å². The van der Waals surface area contributed by atoms with Gasteiger partial charge in [-0.15, -0.1) is 0 Å². The number of methoxy groups -OCH3 is 1. The highest BCUT2D eigenvalue weighted by Crippen LogP contribution is 2.25. The van der Waals surface area contributed by atoms with E-state index in [-0.39, 0.29) is 11.9 Å². The minimum atomic E-state index is 0.129. The average molecular weight is 271 g/mol. The summed E-state index contributed by atoms with van der Waals surface area (Å²) in [4.78, 5) is 15.6. The van der Waals surface area contributed by atoms with Crippen LogP contribution in [-0.2, 0) is 4.79 Å². The molecule has 2 N–H and O–H groups in total. The average Bonchev–Trinajstić information content (AvgIpc) is 2.90. The van der Waals surface area contributed by atoms with Crippen molar-refractivity contribution in [2.24, 2.45) is 0 Å². The number of fused-ring (bicyclic) bond motifs is 1. The van der Waals surface area contributed by atoms with Gasteiger partial charge in [-0.3, -0.25) is 4.79 Å². The van der Waals surface area contributed by atoms with Crippen LogP contribution >= 0.6 is 0 Å². The largest absolute Gasteiger partial charge is 0.497 e. The van der Waals surface area contributed by atoms with E-state index >= 15 is 0 Å². The summed E-state index contributed by atoms with van der Waals surface area (Å²) >= 11 is 0. The Bertz CT molecular complexity index is 642. The predicted molar refractivity (Wildman–Crippen MR) is 77.9 cm³/mol. The first-order chi connectivity index (χ1) is 9.76. The van der Waals surface area contributed by atoms with E-state index in [1.54, 1.807) is 13.3 Å².